The number of rotatable bonds is 5. The first-order valence-corrected chi connectivity index (χ1v) is 10.1. The number of hydrogen-bond acceptors (Lipinski definition) is 4. The maximum absolute atomic E-state index is 12.7. The minimum atomic E-state index is -4.40. The molecule has 1 aromatic heterocycles. The molecule has 1 fully saturated rings. The van der Waals surface area contributed by atoms with Gasteiger partial charge in [-0.15, -0.1) is 0 Å². The second kappa shape index (κ2) is 9.31. The van der Waals surface area contributed by atoms with Crippen LogP contribution in [0.5, 0.6) is 5.75 Å². The van der Waals surface area contributed by atoms with Gasteiger partial charge >= 0.3 is 6.18 Å². The Kier molecular flexibility index (Phi) is 6.98. The highest BCUT2D eigenvalue weighted by Crippen LogP contribution is 2.30. The van der Waals surface area contributed by atoms with E-state index in [9.17, 15) is 18.0 Å². The number of carbonyl (C=O) groups is 1. The molecule has 1 unspecified atom stereocenters. The smallest absolute Gasteiger partial charge is 0.417 e. The lowest BCUT2D eigenvalue weighted by Crippen LogP contribution is -2.48. The molecule has 5 nitrogen and oxygen atoms in total. The van der Waals surface area contributed by atoms with E-state index in [4.69, 9.17) is 27.9 Å². The molecule has 2 heterocycles. The molecular formula is C20H20Cl2F3N3O2. The Morgan fingerprint density at radius 2 is 1.93 bits per heavy atom. The fourth-order valence-electron chi connectivity index (χ4n) is 3.13. The van der Waals surface area contributed by atoms with E-state index in [0.29, 0.717) is 47.5 Å². The third-order valence-electron chi connectivity index (χ3n) is 4.81. The highest BCUT2D eigenvalue weighted by molar-refractivity contribution is 6.35. The van der Waals surface area contributed by atoms with Crippen LogP contribution in [-0.4, -0.2) is 36.1 Å². The fourth-order valence-corrected chi connectivity index (χ4v) is 3.58. The summed E-state index contributed by atoms with van der Waals surface area (Å²) in [5.41, 5.74) is -0.775. The number of ether oxygens (including phenoxy) is 1. The number of amides is 1. The summed E-state index contributed by atoms with van der Waals surface area (Å²) in [6.45, 7) is 2.77. The van der Waals surface area contributed by atoms with Gasteiger partial charge in [0.2, 0.25) is 0 Å². The van der Waals surface area contributed by atoms with Gasteiger partial charge in [-0.25, -0.2) is 4.98 Å². The van der Waals surface area contributed by atoms with Gasteiger partial charge in [0.25, 0.3) is 5.91 Å². The minimum absolute atomic E-state index is 0.0602. The van der Waals surface area contributed by atoms with E-state index in [1.54, 1.807) is 19.1 Å². The molecule has 3 rings (SSSR count). The van der Waals surface area contributed by atoms with Crippen molar-refractivity contribution in [2.75, 3.05) is 18.0 Å². The molecule has 1 N–H and O–H groups in total. The maximum Gasteiger partial charge on any atom is 0.417 e. The zero-order valence-electron chi connectivity index (χ0n) is 16.0. The number of aromatic nitrogens is 1. The summed E-state index contributed by atoms with van der Waals surface area (Å²) in [7, 11) is 0. The van der Waals surface area contributed by atoms with Gasteiger partial charge in [-0.2, -0.15) is 13.2 Å². The first kappa shape index (κ1) is 22.5. The molecule has 0 radical (unpaired) electrons. The first-order chi connectivity index (χ1) is 14.1. The molecule has 1 aliphatic heterocycles. The molecule has 1 aromatic carbocycles. The standard InChI is InChI=1S/C20H20Cl2F3N3O2/c1-12(30-17-4-3-14(21)10-16(17)22)19(29)27-15-6-8-28(9-7-15)18-5-2-13(11-26-18)20(23,24)25/h2-5,10-12,15H,6-9H2,1H3,(H,27,29). The van der Waals surface area contributed by atoms with Crippen molar-refractivity contribution < 1.29 is 22.7 Å². The summed E-state index contributed by atoms with van der Waals surface area (Å²) >= 11 is 11.9. The summed E-state index contributed by atoms with van der Waals surface area (Å²) in [6, 6.07) is 7.09. The number of benzene rings is 1. The summed E-state index contributed by atoms with van der Waals surface area (Å²) in [5.74, 6) is 0.584. The van der Waals surface area contributed by atoms with Crippen LogP contribution in [0.4, 0.5) is 19.0 Å². The second-order valence-corrected chi connectivity index (χ2v) is 7.85. The average molecular weight is 462 g/mol. The first-order valence-electron chi connectivity index (χ1n) is 9.34. The highest BCUT2D eigenvalue weighted by Gasteiger charge is 2.31. The van der Waals surface area contributed by atoms with Crippen molar-refractivity contribution in [3.8, 4) is 5.75 Å². The number of alkyl halides is 3. The van der Waals surface area contributed by atoms with Crippen LogP contribution in [0.2, 0.25) is 10.0 Å². The predicted molar refractivity (Wildman–Crippen MR) is 109 cm³/mol. The molecule has 1 amide bonds. The van der Waals surface area contributed by atoms with Gasteiger partial charge in [0.15, 0.2) is 6.10 Å². The van der Waals surface area contributed by atoms with Gasteiger partial charge in [0.05, 0.1) is 10.6 Å². The lowest BCUT2D eigenvalue weighted by atomic mass is 10.0. The minimum Gasteiger partial charge on any atom is -0.479 e. The monoisotopic (exact) mass is 461 g/mol. The number of halogens is 5. The normalized spacial score (nSPS) is 16.3. The van der Waals surface area contributed by atoms with Crippen molar-refractivity contribution in [1.82, 2.24) is 10.3 Å². The summed E-state index contributed by atoms with van der Waals surface area (Å²) in [5, 5.41) is 3.73. The van der Waals surface area contributed by atoms with E-state index in [-0.39, 0.29) is 11.9 Å². The van der Waals surface area contributed by atoms with Crippen molar-refractivity contribution in [2.24, 2.45) is 0 Å². The molecule has 1 atom stereocenters. The topological polar surface area (TPSA) is 54.5 Å². The van der Waals surface area contributed by atoms with E-state index in [1.165, 1.54) is 12.1 Å². The van der Waals surface area contributed by atoms with Crippen LogP contribution in [-0.2, 0) is 11.0 Å². The lowest BCUT2D eigenvalue weighted by molar-refractivity contribution is -0.137. The third kappa shape index (κ3) is 5.70. The van der Waals surface area contributed by atoms with Crippen LogP contribution >= 0.6 is 23.2 Å². The average Bonchev–Trinajstić information content (AvgIpc) is 2.70. The van der Waals surface area contributed by atoms with E-state index in [1.807, 2.05) is 4.90 Å². The van der Waals surface area contributed by atoms with Crippen LogP contribution in [0.25, 0.3) is 0 Å². The van der Waals surface area contributed by atoms with Gasteiger partial charge in [-0.3, -0.25) is 4.79 Å². The molecule has 1 aliphatic rings. The zero-order valence-corrected chi connectivity index (χ0v) is 17.6. The van der Waals surface area contributed by atoms with Crippen molar-refractivity contribution in [2.45, 2.75) is 38.1 Å². The highest BCUT2D eigenvalue weighted by atomic mass is 35.5. The van der Waals surface area contributed by atoms with Gasteiger partial charge in [-0.05, 0) is 50.1 Å². The van der Waals surface area contributed by atoms with Gasteiger partial charge in [0, 0.05) is 30.4 Å². The van der Waals surface area contributed by atoms with E-state index < -0.39 is 17.8 Å². The maximum atomic E-state index is 12.7. The van der Waals surface area contributed by atoms with E-state index in [0.717, 1.165) is 12.3 Å². The van der Waals surface area contributed by atoms with Crippen LogP contribution in [0.1, 0.15) is 25.3 Å². The van der Waals surface area contributed by atoms with Crippen molar-refractivity contribution >= 4 is 34.9 Å². The van der Waals surface area contributed by atoms with Gasteiger partial charge in [0.1, 0.15) is 11.6 Å². The lowest BCUT2D eigenvalue weighted by Gasteiger charge is -2.33. The molecule has 0 spiro atoms. The van der Waals surface area contributed by atoms with Crippen molar-refractivity contribution in [1.29, 1.82) is 0 Å². The summed E-state index contributed by atoms with van der Waals surface area (Å²) in [4.78, 5) is 18.3. The number of carbonyl (C=O) groups excluding carboxylic acids is 1. The molecule has 2 aromatic rings. The molecule has 1 saturated heterocycles. The molecule has 30 heavy (non-hydrogen) atoms. The number of piperidine rings is 1. The van der Waals surface area contributed by atoms with Crippen LogP contribution < -0.4 is 15.0 Å². The van der Waals surface area contributed by atoms with E-state index >= 15 is 0 Å². The van der Waals surface area contributed by atoms with E-state index in [2.05, 4.69) is 10.3 Å². The Labute approximate surface area is 182 Å². The Morgan fingerprint density at radius 3 is 2.50 bits per heavy atom. The number of pyridine rings is 1. The van der Waals surface area contributed by atoms with Gasteiger partial charge < -0.3 is 15.0 Å². The van der Waals surface area contributed by atoms with Crippen LogP contribution in [0.3, 0.4) is 0 Å². The molecule has 0 bridgehead atoms. The number of anilines is 1. The quantitative estimate of drug-likeness (QED) is 0.683. The predicted octanol–water partition coefficient (Wildman–Crippen LogP) is 4.96. The third-order valence-corrected chi connectivity index (χ3v) is 5.34. The second-order valence-electron chi connectivity index (χ2n) is 7.01. The largest absolute Gasteiger partial charge is 0.479 e. The molecule has 162 valence electrons. The SMILES string of the molecule is CC(Oc1ccc(Cl)cc1Cl)C(=O)NC1CCN(c2ccc(C(F)(F)F)cn2)CC1. The summed E-state index contributed by atoms with van der Waals surface area (Å²) < 4.78 is 43.6. The van der Waals surface area contributed by atoms with Crippen molar-refractivity contribution in [3.63, 3.8) is 0 Å². The number of hydrogen-bond donors (Lipinski definition) is 1. The van der Waals surface area contributed by atoms with Crippen LogP contribution in [0.15, 0.2) is 36.5 Å². The molecule has 0 aliphatic carbocycles. The Morgan fingerprint density at radius 1 is 1.23 bits per heavy atom. The Bertz CT molecular complexity index is 886. The molecular weight excluding hydrogens is 442 g/mol. The number of nitrogens with one attached hydrogen (secondary N) is 1. The molecule has 0 saturated carbocycles. The Balaban J connectivity index is 1.49. The Hall–Kier alpha value is -2.19. The number of nitrogens with zero attached hydrogens (tertiary/aromatic N) is 2. The van der Waals surface area contributed by atoms with Crippen molar-refractivity contribution in [3.05, 3.63) is 52.1 Å². The summed E-state index contributed by atoms with van der Waals surface area (Å²) in [6.07, 6.45) is -3.04. The van der Waals surface area contributed by atoms with Gasteiger partial charge in [-0.1, -0.05) is 23.2 Å². The fraction of sp³-hybridized carbons (Fsp3) is 0.400. The zero-order chi connectivity index (χ0) is 21.9. The molecule has 10 heteroatoms. The van der Waals surface area contributed by atoms with Crippen LogP contribution in [0, 0.1) is 0 Å².